The fourth-order valence-electron chi connectivity index (χ4n) is 1.97. The molecule has 1 fully saturated rings. The number of hydrogen-bond donors (Lipinski definition) is 1. The summed E-state index contributed by atoms with van der Waals surface area (Å²) < 4.78 is 26.0. The molecule has 0 aromatic heterocycles. The number of alkyl halides is 1. The number of allylic oxidation sites excluding steroid dienone is 2. The molecule has 100 valence electrons. The highest BCUT2D eigenvalue weighted by Crippen LogP contribution is 2.17. The van der Waals surface area contributed by atoms with Crippen molar-refractivity contribution < 1.29 is 8.78 Å². The molecule has 1 aliphatic heterocycles. The highest BCUT2D eigenvalue weighted by atomic mass is 19.1. The van der Waals surface area contributed by atoms with Crippen molar-refractivity contribution in [3.8, 4) is 12.3 Å². The Hall–Kier alpha value is -1.41. The van der Waals surface area contributed by atoms with E-state index in [4.69, 9.17) is 11.8 Å². The van der Waals surface area contributed by atoms with E-state index in [-0.39, 0.29) is 24.5 Å². The zero-order valence-corrected chi connectivity index (χ0v) is 10.7. The van der Waals surface area contributed by atoms with Crippen LogP contribution in [0.4, 0.5) is 8.78 Å². The SMILES string of the molecule is C#CC(=C(F)CC(C)=N)N1CCN(CCF)CC1. The molecule has 0 atom stereocenters. The Morgan fingerprint density at radius 1 is 1.33 bits per heavy atom. The Morgan fingerprint density at radius 3 is 2.39 bits per heavy atom. The molecule has 1 rings (SSSR count). The smallest absolute Gasteiger partial charge is 0.137 e. The third-order valence-corrected chi connectivity index (χ3v) is 2.90. The normalized spacial score (nSPS) is 18.2. The summed E-state index contributed by atoms with van der Waals surface area (Å²) in [6.07, 6.45) is 5.30. The van der Waals surface area contributed by atoms with Gasteiger partial charge in [0.2, 0.25) is 0 Å². The van der Waals surface area contributed by atoms with Gasteiger partial charge in [0.15, 0.2) is 0 Å². The minimum absolute atomic E-state index is 0.0375. The monoisotopic (exact) mass is 255 g/mol. The van der Waals surface area contributed by atoms with Crippen molar-refractivity contribution in [1.82, 2.24) is 9.80 Å². The van der Waals surface area contributed by atoms with Gasteiger partial charge < -0.3 is 10.3 Å². The van der Waals surface area contributed by atoms with Gasteiger partial charge in [-0.1, -0.05) is 0 Å². The summed E-state index contributed by atoms with van der Waals surface area (Å²) in [7, 11) is 0. The molecule has 5 heteroatoms. The van der Waals surface area contributed by atoms with E-state index in [9.17, 15) is 8.78 Å². The van der Waals surface area contributed by atoms with Crippen LogP contribution in [0.1, 0.15) is 13.3 Å². The first-order valence-corrected chi connectivity index (χ1v) is 6.01. The second kappa shape index (κ2) is 7.12. The van der Waals surface area contributed by atoms with Crippen LogP contribution in [0.5, 0.6) is 0 Å². The molecule has 0 aliphatic carbocycles. The van der Waals surface area contributed by atoms with Gasteiger partial charge in [0.05, 0.1) is 0 Å². The van der Waals surface area contributed by atoms with E-state index in [2.05, 4.69) is 5.92 Å². The molecule has 1 N–H and O–H groups in total. The van der Waals surface area contributed by atoms with Gasteiger partial charge in [0.25, 0.3) is 0 Å². The lowest BCUT2D eigenvalue weighted by atomic mass is 10.2. The van der Waals surface area contributed by atoms with E-state index >= 15 is 0 Å². The van der Waals surface area contributed by atoms with E-state index < -0.39 is 5.83 Å². The lowest BCUT2D eigenvalue weighted by Gasteiger charge is -2.35. The Bertz CT molecular complexity index is 363. The molecule has 0 unspecified atom stereocenters. The predicted molar refractivity (Wildman–Crippen MR) is 69.0 cm³/mol. The van der Waals surface area contributed by atoms with Gasteiger partial charge in [-0.3, -0.25) is 4.90 Å². The van der Waals surface area contributed by atoms with Crippen LogP contribution >= 0.6 is 0 Å². The number of nitrogens with one attached hydrogen (secondary N) is 1. The van der Waals surface area contributed by atoms with Gasteiger partial charge in [0.1, 0.15) is 18.2 Å². The third-order valence-electron chi connectivity index (χ3n) is 2.90. The minimum atomic E-state index is -0.427. The van der Waals surface area contributed by atoms with E-state index in [1.165, 1.54) is 0 Å². The van der Waals surface area contributed by atoms with Crippen molar-refractivity contribution >= 4 is 5.71 Å². The average Bonchev–Trinajstić information content (AvgIpc) is 2.31. The first kappa shape index (κ1) is 14.7. The number of piperazine rings is 1. The van der Waals surface area contributed by atoms with Crippen LogP contribution in [0, 0.1) is 17.8 Å². The molecule has 1 heterocycles. The lowest BCUT2D eigenvalue weighted by Crippen LogP contribution is -2.46. The molecule has 0 spiro atoms. The van der Waals surface area contributed by atoms with E-state index in [0.717, 1.165) is 0 Å². The maximum Gasteiger partial charge on any atom is 0.137 e. The summed E-state index contributed by atoms with van der Waals surface area (Å²) in [6, 6.07) is 0. The Morgan fingerprint density at radius 2 is 1.94 bits per heavy atom. The highest BCUT2D eigenvalue weighted by molar-refractivity contribution is 5.80. The van der Waals surface area contributed by atoms with Gasteiger partial charge in [-0.15, -0.1) is 6.42 Å². The summed E-state index contributed by atoms with van der Waals surface area (Å²) in [6.45, 7) is 4.18. The topological polar surface area (TPSA) is 30.3 Å². The van der Waals surface area contributed by atoms with Crippen molar-refractivity contribution in [2.75, 3.05) is 39.4 Å². The Balaban J connectivity index is 2.64. The zero-order chi connectivity index (χ0) is 13.5. The summed E-state index contributed by atoms with van der Waals surface area (Å²) in [5.74, 6) is 1.94. The van der Waals surface area contributed by atoms with Gasteiger partial charge in [-0.05, 0) is 12.8 Å². The fourth-order valence-corrected chi connectivity index (χ4v) is 1.97. The van der Waals surface area contributed by atoms with Crippen molar-refractivity contribution in [2.24, 2.45) is 0 Å². The largest absolute Gasteiger partial charge is 0.360 e. The number of terminal acetylenes is 1. The van der Waals surface area contributed by atoms with Crippen LogP contribution in [0.2, 0.25) is 0 Å². The number of halogens is 2. The second-order valence-electron chi connectivity index (χ2n) is 4.37. The third kappa shape index (κ3) is 4.11. The minimum Gasteiger partial charge on any atom is -0.360 e. The zero-order valence-electron chi connectivity index (χ0n) is 10.7. The summed E-state index contributed by atoms with van der Waals surface area (Å²) in [4.78, 5) is 3.79. The predicted octanol–water partition coefficient (Wildman–Crippen LogP) is 1.82. The van der Waals surface area contributed by atoms with Crippen LogP contribution in [0.3, 0.4) is 0 Å². The maximum absolute atomic E-state index is 13.8. The maximum atomic E-state index is 13.8. The molecule has 1 saturated heterocycles. The van der Waals surface area contributed by atoms with Gasteiger partial charge in [-0.2, -0.15) is 0 Å². The van der Waals surface area contributed by atoms with E-state index in [1.807, 2.05) is 4.90 Å². The highest BCUT2D eigenvalue weighted by Gasteiger charge is 2.20. The Labute approximate surface area is 107 Å². The molecule has 0 aromatic rings. The first-order valence-electron chi connectivity index (χ1n) is 6.01. The molecule has 0 saturated carbocycles. The van der Waals surface area contributed by atoms with Crippen LogP contribution < -0.4 is 0 Å². The van der Waals surface area contributed by atoms with Crippen LogP contribution in [-0.2, 0) is 0 Å². The molecular weight excluding hydrogens is 236 g/mol. The quantitative estimate of drug-likeness (QED) is 0.600. The fraction of sp³-hybridized carbons (Fsp3) is 0.615. The molecular formula is C13H19F2N3. The Kier molecular flexibility index (Phi) is 5.79. The molecule has 0 bridgehead atoms. The van der Waals surface area contributed by atoms with Gasteiger partial charge in [-0.25, -0.2) is 8.78 Å². The molecule has 0 aromatic carbocycles. The molecule has 0 radical (unpaired) electrons. The number of rotatable bonds is 5. The van der Waals surface area contributed by atoms with Gasteiger partial charge >= 0.3 is 0 Å². The lowest BCUT2D eigenvalue weighted by molar-refractivity contribution is 0.151. The second-order valence-corrected chi connectivity index (χ2v) is 4.37. The van der Waals surface area contributed by atoms with Crippen molar-refractivity contribution in [2.45, 2.75) is 13.3 Å². The van der Waals surface area contributed by atoms with Crippen LogP contribution in [-0.4, -0.2) is 54.9 Å². The first-order chi connectivity index (χ1) is 8.58. The molecule has 0 amide bonds. The van der Waals surface area contributed by atoms with E-state index in [1.54, 1.807) is 11.8 Å². The van der Waals surface area contributed by atoms with Crippen molar-refractivity contribution in [3.63, 3.8) is 0 Å². The van der Waals surface area contributed by atoms with Gasteiger partial charge in [0, 0.05) is 44.9 Å². The molecule has 1 aliphatic rings. The van der Waals surface area contributed by atoms with Crippen molar-refractivity contribution in [3.05, 3.63) is 11.5 Å². The summed E-state index contributed by atoms with van der Waals surface area (Å²) in [5.41, 5.74) is 0.484. The molecule has 18 heavy (non-hydrogen) atoms. The van der Waals surface area contributed by atoms with E-state index in [0.29, 0.717) is 32.7 Å². The standard InChI is InChI=1S/C13H19F2N3/c1-3-13(12(15)10-11(2)16)18-8-6-17(5-4-14)7-9-18/h1,16H,4-10H2,2H3. The molecule has 3 nitrogen and oxygen atoms in total. The van der Waals surface area contributed by atoms with Crippen LogP contribution in [0.15, 0.2) is 11.5 Å². The van der Waals surface area contributed by atoms with Crippen LogP contribution in [0.25, 0.3) is 0 Å². The number of hydrogen-bond acceptors (Lipinski definition) is 3. The summed E-state index contributed by atoms with van der Waals surface area (Å²) >= 11 is 0. The average molecular weight is 255 g/mol. The summed E-state index contributed by atoms with van der Waals surface area (Å²) in [5, 5.41) is 7.28. The van der Waals surface area contributed by atoms with Crippen molar-refractivity contribution in [1.29, 1.82) is 5.41 Å². The number of nitrogens with zero attached hydrogens (tertiary/aromatic N) is 2.